The van der Waals surface area contributed by atoms with Crippen LogP contribution in [-0.4, -0.2) is 55.7 Å². The van der Waals surface area contributed by atoms with Crippen LogP contribution in [0, 0.1) is 11.3 Å². The topological polar surface area (TPSA) is 81.9 Å². The highest BCUT2D eigenvalue weighted by Gasteiger charge is 2.52. The Morgan fingerprint density at radius 3 is 2.38 bits per heavy atom. The minimum absolute atomic E-state index is 0.103. The van der Waals surface area contributed by atoms with E-state index in [0.29, 0.717) is 31.9 Å². The Kier molecular flexibility index (Phi) is 6.54. The van der Waals surface area contributed by atoms with Crippen LogP contribution >= 0.6 is 12.2 Å². The molecule has 0 spiro atoms. The second kappa shape index (κ2) is 7.70. The lowest BCUT2D eigenvalue weighted by Crippen LogP contribution is -2.57. The smallest absolute Gasteiger partial charge is 0.307 e. The first kappa shape index (κ1) is 17.8. The molecular formula is C14H24N2O4S. The maximum atomic E-state index is 12.8. The number of hydrogen-bond acceptors (Lipinski definition) is 5. The Morgan fingerprint density at radius 1 is 1.33 bits per heavy atom. The molecule has 0 aliphatic heterocycles. The summed E-state index contributed by atoms with van der Waals surface area (Å²) in [5.41, 5.74) is 5.05. The fraction of sp³-hybridized carbons (Fsp3) is 0.786. The first-order valence-electron chi connectivity index (χ1n) is 7.02. The van der Waals surface area contributed by atoms with Crippen LogP contribution in [-0.2, 0) is 19.1 Å². The molecule has 1 aliphatic rings. The highest BCUT2D eigenvalue weighted by Crippen LogP contribution is 2.47. The van der Waals surface area contributed by atoms with Crippen molar-refractivity contribution in [3.05, 3.63) is 0 Å². The van der Waals surface area contributed by atoms with E-state index in [1.807, 2.05) is 0 Å². The molecule has 0 atom stereocenters. The zero-order valence-corrected chi connectivity index (χ0v) is 13.7. The molecular weight excluding hydrogens is 292 g/mol. The van der Waals surface area contributed by atoms with Crippen molar-refractivity contribution in [3.63, 3.8) is 0 Å². The normalized spacial score (nSPS) is 24.0. The summed E-state index contributed by atoms with van der Waals surface area (Å²) in [5.74, 6) is -0.0223. The molecule has 1 aliphatic carbocycles. The molecule has 120 valence electrons. The van der Waals surface area contributed by atoms with Crippen molar-refractivity contribution in [3.8, 4) is 0 Å². The zero-order valence-electron chi connectivity index (χ0n) is 12.9. The first-order valence-corrected chi connectivity index (χ1v) is 7.43. The summed E-state index contributed by atoms with van der Waals surface area (Å²) in [6.45, 7) is 3.16. The van der Waals surface area contributed by atoms with Crippen LogP contribution in [0.4, 0.5) is 0 Å². The van der Waals surface area contributed by atoms with E-state index >= 15 is 0 Å². The minimum Gasteiger partial charge on any atom is -0.469 e. The van der Waals surface area contributed by atoms with Crippen LogP contribution < -0.4 is 5.73 Å². The van der Waals surface area contributed by atoms with Gasteiger partial charge in [-0.15, -0.1) is 0 Å². The predicted molar refractivity (Wildman–Crippen MR) is 82.7 cm³/mol. The number of carbonyl (C=O) groups is 2. The van der Waals surface area contributed by atoms with E-state index in [9.17, 15) is 9.59 Å². The van der Waals surface area contributed by atoms with E-state index in [0.717, 1.165) is 0 Å². The van der Waals surface area contributed by atoms with Gasteiger partial charge in [0.25, 0.3) is 0 Å². The van der Waals surface area contributed by atoms with Crippen molar-refractivity contribution < 1.29 is 19.1 Å². The fourth-order valence-corrected chi connectivity index (χ4v) is 3.01. The van der Waals surface area contributed by atoms with Gasteiger partial charge in [0.2, 0.25) is 5.91 Å². The first-order chi connectivity index (χ1) is 9.87. The van der Waals surface area contributed by atoms with E-state index in [-0.39, 0.29) is 29.8 Å². The molecule has 1 fully saturated rings. The van der Waals surface area contributed by atoms with Crippen molar-refractivity contribution >= 4 is 29.1 Å². The summed E-state index contributed by atoms with van der Waals surface area (Å²) in [6.07, 6.45) is 1.49. The van der Waals surface area contributed by atoms with E-state index in [1.165, 1.54) is 7.11 Å². The molecule has 0 aromatic carbocycles. The van der Waals surface area contributed by atoms with Gasteiger partial charge in [-0.25, -0.2) is 0 Å². The SMILES string of the molecule is COCCN(CCC(=O)OC)C(=O)C1(C(N)=S)CC(C)C1. The molecule has 0 radical (unpaired) electrons. The van der Waals surface area contributed by atoms with E-state index < -0.39 is 5.41 Å². The van der Waals surface area contributed by atoms with Gasteiger partial charge in [0.15, 0.2) is 0 Å². The monoisotopic (exact) mass is 316 g/mol. The quantitative estimate of drug-likeness (QED) is 0.525. The Hall–Kier alpha value is -1.21. The van der Waals surface area contributed by atoms with Crippen molar-refractivity contribution in [1.82, 2.24) is 4.90 Å². The summed E-state index contributed by atoms with van der Waals surface area (Å²) >= 11 is 5.11. The van der Waals surface area contributed by atoms with Crippen molar-refractivity contribution in [1.29, 1.82) is 0 Å². The van der Waals surface area contributed by atoms with Gasteiger partial charge in [-0.3, -0.25) is 9.59 Å². The number of hydrogen-bond donors (Lipinski definition) is 1. The summed E-state index contributed by atoms with van der Waals surface area (Å²) in [7, 11) is 2.89. The lowest BCUT2D eigenvalue weighted by molar-refractivity contribution is -0.147. The number of nitrogens with two attached hydrogens (primary N) is 1. The number of thiocarbonyl (C=S) groups is 1. The third kappa shape index (κ3) is 4.14. The zero-order chi connectivity index (χ0) is 16.0. The second-order valence-corrected chi connectivity index (χ2v) is 6.01. The summed E-state index contributed by atoms with van der Waals surface area (Å²) in [4.78, 5) is 25.9. The number of ether oxygens (including phenoxy) is 2. The van der Waals surface area contributed by atoms with Gasteiger partial charge in [-0.1, -0.05) is 19.1 Å². The largest absolute Gasteiger partial charge is 0.469 e. The van der Waals surface area contributed by atoms with E-state index in [1.54, 1.807) is 12.0 Å². The predicted octanol–water partition coefficient (Wildman–Crippen LogP) is 0.727. The Morgan fingerprint density at radius 2 is 1.95 bits per heavy atom. The van der Waals surface area contributed by atoms with Crippen LogP contribution in [0.2, 0.25) is 0 Å². The van der Waals surface area contributed by atoms with Gasteiger partial charge in [-0.05, 0) is 18.8 Å². The number of amides is 1. The molecule has 2 N–H and O–H groups in total. The summed E-state index contributed by atoms with van der Waals surface area (Å²) < 4.78 is 9.64. The highest BCUT2D eigenvalue weighted by atomic mass is 32.1. The molecule has 0 saturated heterocycles. The molecule has 21 heavy (non-hydrogen) atoms. The van der Waals surface area contributed by atoms with Crippen LogP contribution in [0.3, 0.4) is 0 Å². The van der Waals surface area contributed by atoms with Gasteiger partial charge >= 0.3 is 5.97 Å². The number of rotatable bonds is 8. The summed E-state index contributed by atoms with van der Waals surface area (Å²) in [5, 5.41) is 0. The van der Waals surface area contributed by atoms with Gasteiger partial charge < -0.3 is 20.1 Å². The number of methoxy groups -OCH3 is 2. The van der Waals surface area contributed by atoms with Crippen LogP contribution in [0.5, 0.6) is 0 Å². The number of esters is 1. The number of nitrogens with zero attached hydrogens (tertiary/aromatic N) is 1. The van der Waals surface area contributed by atoms with Gasteiger partial charge in [0.05, 0.1) is 30.5 Å². The fourth-order valence-electron chi connectivity index (χ4n) is 2.76. The standard InChI is InChI=1S/C14H24N2O4S/c1-10-8-14(9-10,12(15)21)13(18)16(6-7-19-2)5-4-11(17)20-3/h10H,4-9H2,1-3H3,(H2,15,21). The summed E-state index contributed by atoms with van der Waals surface area (Å²) in [6, 6.07) is 0. The average molecular weight is 316 g/mol. The van der Waals surface area contributed by atoms with Gasteiger partial charge in [0, 0.05) is 20.2 Å². The van der Waals surface area contributed by atoms with Crippen LogP contribution in [0.15, 0.2) is 0 Å². The molecule has 0 bridgehead atoms. The molecule has 7 heteroatoms. The molecule has 0 unspecified atom stereocenters. The minimum atomic E-state index is -0.751. The molecule has 0 aromatic heterocycles. The third-order valence-corrected chi connectivity index (χ3v) is 4.33. The molecule has 1 saturated carbocycles. The van der Waals surface area contributed by atoms with Crippen molar-refractivity contribution in [2.24, 2.45) is 17.1 Å². The Labute approximate surface area is 130 Å². The molecule has 1 amide bonds. The lowest BCUT2D eigenvalue weighted by atomic mass is 9.61. The van der Waals surface area contributed by atoms with Gasteiger partial charge in [-0.2, -0.15) is 0 Å². The maximum absolute atomic E-state index is 12.8. The average Bonchev–Trinajstić information content (AvgIpc) is 2.42. The molecule has 0 heterocycles. The number of carbonyl (C=O) groups excluding carboxylic acids is 2. The Bertz CT molecular complexity index is 408. The van der Waals surface area contributed by atoms with Crippen LogP contribution in [0.1, 0.15) is 26.2 Å². The second-order valence-electron chi connectivity index (χ2n) is 5.57. The highest BCUT2D eigenvalue weighted by molar-refractivity contribution is 7.80. The van der Waals surface area contributed by atoms with Crippen LogP contribution in [0.25, 0.3) is 0 Å². The van der Waals surface area contributed by atoms with Crippen molar-refractivity contribution in [2.75, 3.05) is 33.9 Å². The molecule has 6 nitrogen and oxygen atoms in total. The molecule has 1 rings (SSSR count). The lowest BCUT2D eigenvalue weighted by Gasteiger charge is -2.46. The molecule has 0 aromatic rings. The van der Waals surface area contributed by atoms with E-state index in [2.05, 4.69) is 11.7 Å². The third-order valence-electron chi connectivity index (χ3n) is 3.94. The van der Waals surface area contributed by atoms with Gasteiger partial charge in [0.1, 0.15) is 0 Å². The maximum Gasteiger partial charge on any atom is 0.307 e. The van der Waals surface area contributed by atoms with Crippen molar-refractivity contribution in [2.45, 2.75) is 26.2 Å². The van der Waals surface area contributed by atoms with E-state index in [4.69, 9.17) is 22.7 Å². The Balaban J connectivity index is 2.78.